The Hall–Kier alpha value is -3.52. The summed E-state index contributed by atoms with van der Waals surface area (Å²) in [5.74, 6) is -1.60. The first-order valence-corrected chi connectivity index (χ1v) is 13.7. The summed E-state index contributed by atoms with van der Waals surface area (Å²) in [5, 5.41) is 11.0. The van der Waals surface area contributed by atoms with Gasteiger partial charge >= 0.3 is 5.97 Å². The van der Waals surface area contributed by atoms with E-state index in [-0.39, 0.29) is 17.9 Å². The number of halogens is 1. The van der Waals surface area contributed by atoms with Gasteiger partial charge in [0.25, 0.3) is 0 Å². The van der Waals surface area contributed by atoms with Crippen LogP contribution in [0.4, 0.5) is 0 Å². The minimum absolute atomic E-state index is 0.00604. The Morgan fingerprint density at radius 2 is 1.54 bits per heavy atom. The number of carbonyl (C=O) groups is 1. The second kappa shape index (κ2) is 10.1. The van der Waals surface area contributed by atoms with Gasteiger partial charge < -0.3 is 5.11 Å². The fraction of sp³-hybridized carbons (Fsp3) is 0.172. The zero-order valence-electron chi connectivity index (χ0n) is 19.9. The maximum Gasteiger partial charge on any atom is 0.325 e. The van der Waals surface area contributed by atoms with Crippen molar-refractivity contribution >= 4 is 27.6 Å². The normalized spacial score (nSPS) is 19.0. The molecule has 0 aliphatic heterocycles. The average Bonchev–Trinajstić information content (AvgIpc) is 3.67. The van der Waals surface area contributed by atoms with E-state index in [1.54, 1.807) is 42.6 Å². The number of sulfonamides is 1. The molecule has 8 heteroatoms. The molecule has 1 aliphatic carbocycles. The quantitative estimate of drug-likeness (QED) is 0.301. The molecule has 0 amide bonds. The number of pyridine rings is 1. The minimum Gasteiger partial charge on any atom is -0.480 e. The van der Waals surface area contributed by atoms with Crippen LogP contribution in [0.25, 0.3) is 11.1 Å². The standard InChI is InChI=1S/C29H25ClN2O4S/c30-24-13-9-21(10-14-24)22-11-15-26(16-12-22)37(35,36)32(19-17-25-8-4-5-18-31-25)29(28(33)34)20-27(29)23-6-2-1-3-7-23/h1-16,18,27H,17,19-20H2,(H,33,34)/t27-,29+/m0/s1. The molecule has 2 atom stereocenters. The Bertz CT molecular complexity index is 1500. The molecule has 0 bridgehead atoms. The van der Waals surface area contributed by atoms with Crippen LogP contribution in [0.5, 0.6) is 0 Å². The Balaban J connectivity index is 1.52. The summed E-state index contributed by atoms with van der Waals surface area (Å²) in [4.78, 5) is 17.1. The summed E-state index contributed by atoms with van der Waals surface area (Å²) in [7, 11) is -4.15. The van der Waals surface area contributed by atoms with Crippen LogP contribution in [-0.2, 0) is 21.2 Å². The van der Waals surface area contributed by atoms with Gasteiger partial charge in [0.1, 0.15) is 5.54 Å². The Kier molecular flexibility index (Phi) is 6.86. The van der Waals surface area contributed by atoms with Crippen LogP contribution in [0, 0.1) is 0 Å². The van der Waals surface area contributed by atoms with E-state index >= 15 is 0 Å². The first kappa shape index (κ1) is 25.1. The van der Waals surface area contributed by atoms with Gasteiger partial charge in [-0.25, -0.2) is 8.42 Å². The molecule has 1 aliphatic rings. The van der Waals surface area contributed by atoms with Crippen molar-refractivity contribution in [3.05, 3.63) is 120 Å². The molecule has 1 fully saturated rings. The number of aliphatic carboxylic acids is 1. The molecule has 0 radical (unpaired) electrons. The van der Waals surface area contributed by atoms with Crippen molar-refractivity contribution < 1.29 is 18.3 Å². The van der Waals surface area contributed by atoms with E-state index in [9.17, 15) is 18.3 Å². The molecular formula is C29H25ClN2O4S. The summed E-state index contributed by atoms with van der Waals surface area (Å²) in [6.07, 6.45) is 2.14. The molecule has 1 N–H and O–H groups in total. The number of carboxylic acids is 1. The van der Waals surface area contributed by atoms with Crippen molar-refractivity contribution in [3.8, 4) is 11.1 Å². The van der Waals surface area contributed by atoms with Crippen LogP contribution < -0.4 is 0 Å². The molecule has 37 heavy (non-hydrogen) atoms. The van der Waals surface area contributed by atoms with Crippen molar-refractivity contribution in [1.82, 2.24) is 9.29 Å². The highest BCUT2D eigenvalue weighted by Crippen LogP contribution is 2.57. The third-order valence-corrected chi connectivity index (χ3v) is 9.07. The number of nitrogens with zero attached hydrogens (tertiary/aromatic N) is 2. The van der Waals surface area contributed by atoms with Crippen LogP contribution in [0.2, 0.25) is 5.02 Å². The van der Waals surface area contributed by atoms with Crippen molar-refractivity contribution in [2.75, 3.05) is 6.54 Å². The van der Waals surface area contributed by atoms with E-state index in [0.29, 0.717) is 17.1 Å². The highest BCUT2D eigenvalue weighted by molar-refractivity contribution is 7.89. The lowest BCUT2D eigenvalue weighted by Crippen LogP contribution is -2.49. The Morgan fingerprint density at radius 1 is 0.919 bits per heavy atom. The van der Waals surface area contributed by atoms with E-state index in [1.165, 1.54) is 16.4 Å². The van der Waals surface area contributed by atoms with Crippen LogP contribution in [0.15, 0.2) is 108 Å². The lowest BCUT2D eigenvalue weighted by atomic mass is 10.1. The number of hydrogen-bond acceptors (Lipinski definition) is 4. The fourth-order valence-electron chi connectivity index (χ4n) is 4.84. The van der Waals surface area contributed by atoms with Gasteiger partial charge in [-0.2, -0.15) is 4.31 Å². The van der Waals surface area contributed by atoms with Gasteiger partial charge in [0, 0.05) is 35.8 Å². The monoisotopic (exact) mass is 532 g/mol. The zero-order chi connectivity index (χ0) is 26.0. The molecule has 1 saturated carbocycles. The average molecular weight is 533 g/mol. The highest BCUT2D eigenvalue weighted by Gasteiger charge is 2.67. The van der Waals surface area contributed by atoms with Gasteiger partial charge in [-0.15, -0.1) is 0 Å². The lowest BCUT2D eigenvalue weighted by molar-refractivity contribution is -0.143. The molecule has 5 rings (SSSR count). The molecule has 3 aromatic carbocycles. The Labute approximate surface area is 221 Å². The number of carboxylic acid groups (broad SMARTS) is 1. The van der Waals surface area contributed by atoms with Crippen molar-refractivity contribution in [2.24, 2.45) is 0 Å². The number of rotatable bonds is 9. The summed E-state index contributed by atoms with van der Waals surface area (Å²) < 4.78 is 29.3. The summed E-state index contributed by atoms with van der Waals surface area (Å²) in [6.45, 7) is -0.00604. The third-order valence-electron chi connectivity index (χ3n) is 6.87. The maximum absolute atomic E-state index is 14.0. The van der Waals surface area contributed by atoms with Gasteiger partial charge in [-0.3, -0.25) is 9.78 Å². The van der Waals surface area contributed by atoms with E-state index in [1.807, 2.05) is 48.5 Å². The molecule has 4 aromatic rings. The SMILES string of the molecule is O=C(O)[C@@]1(N(CCc2ccccn2)S(=O)(=O)c2ccc(-c3ccc(Cl)cc3)cc2)C[C@H]1c1ccccc1. The predicted octanol–water partition coefficient (Wildman–Crippen LogP) is 5.65. The first-order valence-electron chi connectivity index (χ1n) is 11.9. The fourth-order valence-corrected chi connectivity index (χ4v) is 6.74. The maximum atomic E-state index is 14.0. The number of hydrogen-bond donors (Lipinski definition) is 1. The second-order valence-corrected chi connectivity index (χ2v) is 11.4. The summed E-state index contributed by atoms with van der Waals surface area (Å²) in [5.41, 5.74) is 1.66. The molecule has 1 heterocycles. The lowest BCUT2D eigenvalue weighted by Gasteiger charge is -2.29. The molecule has 0 unspecified atom stereocenters. The van der Waals surface area contributed by atoms with Gasteiger partial charge in [0.05, 0.1) is 4.90 Å². The first-order chi connectivity index (χ1) is 17.8. The highest BCUT2D eigenvalue weighted by atomic mass is 35.5. The molecule has 1 aromatic heterocycles. The van der Waals surface area contributed by atoms with E-state index < -0.39 is 27.4 Å². The van der Waals surface area contributed by atoms with Gasteiger partial charge in [0.15, 0.2) is 0 Å². The zero-order valence-corrected chi connectivity index (χ0v) is 21.4. The molecule has 6 nitrogen and oxygen atoms in total. The summed E-state index contributed by atoms with van der Waals surface area (Å²) >= 11 is 5.99. The van der Waals surface area contributed by atoms with Gasteiger partial charge in [-0.05, 0) is 59.5 Å². The van der Waals surface area contributed by atoms with Gasteiger partial charge in [0.2, 0.25) is 10.0 Å². The number of benzene rings is 3. The largest absolute Gasteiger partial charge is 0.480 e. The topological polar surface area (TPSA) is 87.6 Å². The van der Waals surface area contributed by atoms with Gasteiger partial charge in [-0.1, -0.05) is 72.3 Å². The van der Waals surface area contributed by atoms with E-state index in [4.69, 9.17) is 11.6 Å². The van der Waals surface area contributed by atoms with Crippen molar-refractivity contribution in [3.63, 3.8) is 0 Å². The second-order valence-electron chi connectivity index (χ2n) is 9.08. The van der Waals surface area contributed by atoms with E-state index in [0.717, 1.165) is 16.7 Å². The predicted molar refractivity (Wildman–Crippen MR) is 143 cm³/mol. The molecule has 188 valence electrons. The molecule has 0 spiro atoms. The third kappa shape index (κ3) is 4.90. The summed E-state index contributed by atoms with van der Waals surface area (Å²) in [6, 6.07) is 28.4. The van der Waals surface area contributed by atoms with Crippen LogP contribution in [0.1, 0.15) is 23.6 Å². The minimum atomic E-state index is -4.15. The van der Waals surface area contributed by atoms with Crippen LogP contribution in [0.3, 0.4) is 0 Å². The van der Waals surface area contributed by atoms with Crippen molar-refractivity contribution in [1.29, 1.82) is 0 Å². The van der Waals surface area contributed by atoms with Crippen LogP contribution in [-0.4, -0.2) is 40.9 Å². The smallest absolute Gasteiger partial charge is 0.325 e. The molecular weight excluding hydrogens is 508 g/mol. The van der Waals surface area contributed by atoms with Crippen molar-refractivity contribution in [2.45, 2.75) is 29.2 Å². The molecule has 0 saturated heterocycles. The number of aromatic nitrogens is 1. The van der Waals surface area contributed by atoms with E-state index in [2.05, 4.69) is 4.98 Å². The Morgan fingerprint density at radius 3 is 2.14 bits per heavy atom. The van der Waals surface area contributed by atoms with Crippen LogP contribution >= 0.6 is 11.6 Å².